The minimum atomic E-state index is 0.625. The summed E-state index contributed by atoms with van der Waals surface area (Å²) in [7, 11) is 0. The summed E-state index contributed by atoms with van der Waals surface area (Å²) in [6.45, 7) is 9.82. The summed E-state index contributed by atoms with van der Waals surface area (Å²) in [4.78, 5) is 2.53. The summed E-state index contributed by atoms with van der Waals surface area (Å²) in [5.41, 5.74) is 0. The molecule has 1 aromatic carbocycles. The first kappa shape index (κ1) is 16.8. The Labute approximate surface area is 137 Å². The van der Waals surface area contributed by atoms with Crippen molar-refractivity contribution < 1.29 is 4.74 Å². The second-order valence-corrected chi connectivity index (χ2v) is 7.15. The average Bonchev–Trinajstić information content (AvgIpc) is 2.66. The van der Waals surface area contributed by atoms with E-state index in [0.29, 0.717) is 6.04 Å². The van der Waals surface area contributed by atoms with Gasteiger partial charge in [-0.25, -0.2) is 0 Å². The van der Waals surface area contributed by atoms with Crippen LogP contribution in [0.5, 0.6) is 5.75 Å². The van der Waals surface area contributed by atoms with Gasteiger partial charge in [0.15, 0.2) is 0 Å². The number of nitrogens with zero attached hydrogens (tertiary/aromatic N) is 1. The summed E-state index contributed by atoms with van der Waals surface area (Å²) >= 11 is 3.44. The van der Waals surface area contributed by atoms with Crippen LogP contribution in [-0.4, -0.2) is 43.7 Å². The van der Waals surface area contributed by atoms with Crippen LogP contribution in [0.3, 0.4) is 0 Å². The van der Waals surface area contributed by atoms with Crippen LogP contribution in [0.1, 0.15) is 26.7 Å². The quantitative estimate of drug-likeness (QED) is 0.845. The lowest BCUT2D eigenvalue weighted by atomic mass is 10.0. The molecule has 0 amide bonds. The minimum Gasteiger partial charge on any atom is -0.492 e. The lowest BCUT2D eigenvalue weighted by Gasteiger charge is -2.25. The van der Waals surface area contributed by atoms with Gasteiger partial charge in [-0.3, -0.25) is 4.90 Å². The number of benzene rings is 1. The molecule has 0 aliphatic carbocycles. The van der Waals surface area contributed by atoms with Gasteiger partial charge in [0, 0.05) is 23.6 Å². The third kappa shape index (κ3) is 6.37. The number of hydrogen-bond acceptors (Lipinski definition) is 3. The highest BCUT2D eigenvalue weighted by Crippen LogP contribution is 2.16. The van der Waals surface area contributed by atoms with E-state index in [1.54, 1.807) is 0 Å². The highest BCUT2D eigenvalue weighted by molar-refractivity contribution is 9.10. The van der Waals surface area contributed by atoms with Crippen LogP contribution in [0, 0.1) is 5.92 Å². The maximum Gasteiger partial charge on any atom is 0.119 e. The number of ether oxygens (including phenoxy) is 1. The molecule has 0 bridgehead atoms. The van der Waals surface area contributed by atoms with Gasteiger partial charge in [0.25, 0.3) is 0 Å². The maximum absolute atomic E-state index is 5.84. The number of rotatable bonds is 6. The lowest BCUT2D eigenvalue weighted by molar-refractivity contribution is 0.201. The Bertz CT molecular complexity index is 408. The molecular formula is C17H27BrN2O. The standard InChI is InChI=1S/C17H27BrN2O/c1-14(2)12-16-13-20(9-3-8-19-16)10-11-21-17-6-4-15(18)5-7-17/h4-7,14,16,19H,3,8-13H2,1-2H3. The molecule has 118 valence electrons. The van der Waals surface area contributed by atoms with Gasteiger partial charge in [0.05, 0.1) is 0 Å². The predicted octanol–water partition coefficient (Wildman–Crippen LogP) is 3.54. The molecule has 0 radical (unpaired) electrons. The number of nitrogens with one attached hydrogen (secondary N) is 1. The van der Waals surface area contributed by atoms with Crippen molar-refractivity contribution in [2.24, 2.45) is 5.92 Å². The van der Waals surface area contributed by atoms with E-state index in [-0.39, 0.29) is 0 Å². The number of hydrogen-bond donors (Lipinski definition) is 1. The van der Waals surface area contributed by atoms with Crippen molar-refractivity contribution in [1.29, 1.82) is 0 Å². The van der Waals surface area contributed by atoms with Crippen LogP contribution >= 0.6 is 15.9 Å². The Hall–Kier alpha value is -0.580. The Morgan fingerprint density at radius 3 is 2.81 bits per heavy atom. The highest BCUT2D eigenvalue weighted by Gasteiger charge is 2.18. The molecule has 1 aliphatic rings. The fourth-order valence-electron chi connectivity index (χ4n) is 2.83. The van der Waals surface area contributed by atoms with Crippen molar-refractivity contribution in [3.05, 3.63) is 28.7 Å². The zero-order valence-corrected chi connectivity index (χ0v) is 14.7. The van der Waals surface area contributed by atoms with Gasteiger partial charge in [-0.2, -0.15) is 0 Å². The Balaban J connectivity index is 1.74. The zero-order valence-electron chi connectivity index (χ0n) is 13.1. The molecule has 1 unspecified atom stereocenters. The van der Waals surface area contributed by atoms with Gasteiger partial charge in [0.1, 0.15) is 12.4 Å². The largest absolute Gasteiger partial charge is 0.492 e. The van der Waals surface area contributed by atoms with Gasteiger partial charge in [-0.15, -0.1) is 0 Å². The number of halogens is 1. The van der Waals surface area contributed by atoms with Gasteiger partial charge in [0.2, 0.25) is 0 Å². The molecule has 1 fully saturated rings. The summed E-state index contributed by atoms with van der Waals surface area (Å²) in [6, 6.07) is 8.68. The third-order valence-corrected chi connectivity index (χ3v) is 4.34. The van der Waals surface area contributed by atoms with Crippen molar-refractivity contribution in [3.63, 3.8) is 0 Å². The third-order valence-electron chi connectivity index (χ3n) is 3.81. The summed E-state index contributed by atoms with van der Waals surface area (Å²) in [5.74, 6) is 1.70. The van der Waals surface area contributed by atoms with Crippen molar-refractivity contribution in [2.45, 2.75) is 32.7 Å². The van der Waals surface area contributed by atoms with Crippen molar-refractivity contribution >= 4 is 15.9 Å². The molecule has 1 atom stereocenters. The molecule has 2 rings (SSSR count). The lowest BCUT2D eigenvalue weighted by Crippen LogP contribution is -2.40. The van der Waals surface area contributed by atoms with E-state index in [1.165, 1.54) is 19.4 Å². The molecule has 0 saturated carbocycles. The van der Waals surface area contributed by atoms with Gasteiger partial charge in [-0.05, 0) is 56.1 Å². The molecule has 1 saturated heterocycles. The first-order valence-electron chi connectivity index (χ1n) is 7.97. The molecule has 0 spiro atoms. The SMILES string of the molecule is CC(C)CC1CN(CCOc2ccc(Br)cc2)CCCN1. The fourth-order valence-corrected chi connectivity index (χ4v) is 3.09. The highest BCUT2D eigenvalue weighted by atomic mass is 79.9. The van der Waals surface area contributed by atoms with Gasteiger partial charge < -0.3 is 10.1 Å². The van der Waals surface area contributed by atoms with Crippen molar-refractivity contribution in [1.82, 2.24) is 10.2 Å². The van der Waals surface area contributed by atoms with E-state index in [2.05, 4.69) is 40.0 Å². The Kier molecular flexibility index (Phi) is 7.00. The van der Waals surface area contributed by atoms with E-state index < -0.39 is 0 Å². The van der Waals surface area contributed by atoms with Crippen LogP contribution < -0.4 is 10.1 Å². The Morgan fingerprint density at radius 1 is 1.33 bits per heavy atom. The Morgan fingerprint density at radius 2 is 2.10 bits per heavy atom. The van der Waals surface area contributed by atoms with E-state index in [1.807, 2.05) is 24.3 Å². The molecule has 1 heterocycles. The second kappa shape index (κ2) is 8.76. The molecular weight excluding hydrogens is 328 g/mol. The van der Waals surface area contributed by atoms with Crippen LogP contribution in [-0.2, 0) is 0 Å². The fraction of sp³-hybridized carbons (Fsp3) is 0.647. The zero-order chi connectivity index (χ0) is 15.1. The summed E-state index contributed by atoms with van der Waals surface area (Å²) < 4.78 is 6.93. The molecule has 1 N–H and O–H groups in total. The topological polar surface area (TPSA) is 24.5 Å². The van der Waals surface area contributed by atoms with E-state index in [4.69, 9.17) is 4.74 Å². The van der Waals surface area contributed by atoms with E-state index >= 15 is 0 Å². The van der Waals surface area contributed by atoms with Crippen LogP contribution in [0.4, 0.5) is 0 Å². The van der Waals surface area contributed by atoms with Crippen molar-refractivity contribution in [3.8, 4) is 5.75 Å². The molecule has 3 nitrogen and oxygen atoms in total. The average molecular weight is 355 g/mol. The molecule has 21 heavy (non-hydrogen) atoms. The smallest absolute Gasteiger partial charge is 0.119 e. The first-order chi connectivity index (χ1) is 10.1. The molecule has 1 aromatic rings. The molecule has 4 heteroatoms. The molecule has 1 aliphatic heterocycles. The maximum atomic E-state index is 5.84. The molecule has 0 aromatic heterocycles. The van der Waals surface area contributed by atoms with Crippen LogP contribution in [0.2, 0.25) is 0 Å². The van der Waals surface area contributed by atoms with E-state index in [0.717, 1.165) is 42.4 Å². The monoisotopic (exact) mass is 354 g/mol. The van der Waals surface area contributed by atoms with Gasteiger partial charge >= 0.3 is 0 Å². The van der Waals surface area contributed by atoms with E-state index in [9.17, 15) is 0 Å². The second-order valence-electron chi connectivity index (χ2n) is 6.24. The summed E-state index contributed by atoms with van der Waals surface area (Å²) in [5, 5.41) is 3.67. The minimum absolute atomic E-state index is 0.625. The predicted molar refractivity (Wildman–Crippen MR) is 91.9 cm³/mol. The van der Waals surface area contributed by atoms with Gasteiger partial charge in [-0.1, -0.05) is 29.8 Å². The summed E-state index contributed by atoms with van der Waals surface area (Å²) in [6.07, 6.45) is 2.48. The first-order valence-corrected chi connectivity index (χ1v) is 8.77. The normalized spacial score (nSPS) is 20.5. The van der Waals surface area contributed by atoms with Crippen LogP contribution in [0.25, 0.3) is 0 Å². The van der Waals surface area contributed by atoms with Crippen LogP contribution in [0.15, 0.2) is 28.7 Å². The van der Waals surface area contributed by atoms with Crippen molar-refractivity contribution in [2.75, 3.05) is 32.8 Å².